The molecular weight excluding hydrogens is 488 g/mol. The lowest BCUT2D eigenvalue weighted by Gasteiger charge is -2.23. The van der Waals surface area contributed by atoms with Crippen LogP contribution >= 0.6 is 0 Å². The summed E-state index contributed by atoms with van der Waals surface area (Å²) >= 11 is 0. The van der Waals surface area contributed by atoms with E-state index in [1.807, 2.05) is 0 Å². The van der Waals surface area contributed by atoms with Crippen LogP contribution in [0, 0.1) is 10.1 Å². The SMILES string of the molecule is COc1ccc(/C(C)=N\NC(=O)CN(c2ccccc2[N+](=O)[O-])S(=O)(=O)c2ccccc2)cc1OC. The van der Waals surface area contributed by atoms with Crippen molar-refractivity contribution in [2.75, 3.05) is 25.1 Å². The van der Waals surface area contributed by atoms with Gasteiger partial charge in [0.05, 0.1) is 29.8 Å². The molecule has 0 unspecified atom stereocenters. The Morgan fingerprint density at radius 1 is 1.00 bits per heavy atom. The van der Waals surface area contributed by atoms with Gasteiger partial charge in [0.15, 0.2) is 11.5 Å². The molecule has 0 heterocycles. The average molecular weight is 513 g/mol. The first-order valence-electron chi connectivity index (χ1n) is 10.6. The van der Waals surface area contributed by atoms with E-state index in [0.29, 0.717) is 27.1 Å². The summed E-state index contributed by atoms with van der Waals surface area (Å²) < 4.78 is 38.0. The molecule has 3 rings (SSSR count). The summed E-state index contributed by atoms with van der Waals surface area (Å²) in [5, 5.41) is 15.6. The second-order valence-corrected chi connectivity index (χ2v) is 9.23. The number of nitro benzene ring substituents is 1. The van der Waals surface area contributed by atoms with Crippen LogP contribution in [0.1, 0.15) is 12.5 Å². The maximum absolute atomic E-state index is 13.4. The van der Waals surface area contributed by atoms with Crippen LogP contribution in [0.3, 0.4) is 0 Å². The first-order chi connectivity index (χ1) is 17.2. The minimum absolute atomic E-state index is 0.124. The number of rotatable bonds is 10. The molecule has 0 bridgehead atoms. The van der Waals surface area contributed by atoms with Gasteiger partial charge in [-0.3, -0.25) is 14.9 Å². The summed E-state index contributed by atoms with van der Waals surface area (Å²) in [5.74, 6) is 0.184. The number of hydrazone groups is 1. The van der Waals surface area contributed by atoms with Crippen LogP contribution in [0.25, 0.3) is 0 Å². The summed E-state index contributed by atoms with van der Waals surface area (Å²) in [7, 11) is -1.33. The molecule has 0 aliphatic heterocycles. The molecule has 0 atom stereocenters. The standard InChI is InChI=1S/C24H24N4O7S/c1-17(18-13-14-22(34-2)23(15-18)35-3)25-26-24(29)16-27(20-11-7-8-12-21(20)28(30)31)36(32,33)19-9-5-4-6-10-19/h4-15H,16H2,1-3H3,(H,26,29)/b25-17-. The van der Waals surface area contributed by atoms with Crippen LogP contribution in [0.2, 0.25) is 0 Å². The first-order valence-corrected chi connectivity index (χ1v) is 12.0. The third-order valence-electron chi connectivity index (χ3n) is 5.12. The maximum atomic E-state index is 13.4. The van der Waals surface area contributed by atoms with E-state index >= 15 is 0 Å². The lowest BCUT2D eigenvalue weighted by atomic mass is 10.1. The van der Waals surface area contributed by atoms with Gasteiger partial charge in [0, 0.05) is 11.6 Å². The van der Waals surface area contributed by atoms with Gasteiger partial charge >= 0.3 is 0 Å². The summed E-state index contributed by atoms with van der Waals surface area (Å²) in [6, 6.07) is 17.7. The quantitative estimate of drug-likeness (QED) is 0.249. The van der Waals surface area contributed by atoms with E-state index in [1.165, 1.54) is 62.8 Å². The molecule has 188 valence electrons. The zero-order valence-corrected chi connectivity index (χ0v) is 20.6. The van der Waals surface area contributed by atoms with Gasteiger partial charge in [-0.15, -0.1) is 0 Å². The molecule has 0 fully saturated rings. The number of hydrogen-bond acceptors (Lipinski definition) is 8. The smallest absolute Gasteiger partial charge is 0.293 e. The van der Waals surface area contributed by atoms with Crippen molar-refractivity contribution in [3.8, 4) is 11.5 Å². The number of nitrogens with zero attached hydrogens (tertiary/aromatic N) is 3. The van der Waals surface area contributed by atoms with Crippen molar-refractivity contribution in [2.45, 2.75) is 11.8 Å². The Kier molecular flexibility index (Phi) is 8.22. The first kappa shape index (κ1) is 26.2. The number of carbonyl (C=O) groups excluding carboxylic acids is 1. The van der Waals surface area contributed by atoms with Crippen LogP contribution < -0.4 is 19.2 Å². The van der Waals surface area contributed by atoms with Gasteiger partial charge in [0.2, 0.25) is 0 Å². The van der Waals surface area contributed by atoms with Crippen LogP contribution in [0.5, 0.6) is 11.5 Å². The zero-order chi connectivity index (χ0) is 26.3. The Hall–Kier alpha value is -4.45. The second kappa shape index (κ2) is 11.3. The van der Waals surface area contributed by atoms with Crippen molar-refractivity contribution in [3.63, 3.8) is 0 Å². The summed E-state index contributed by atoms with van der Waals surface area (Å²) in [6.45, 7) is 0.896. The van der Waals surface area contributed by atoms with Gasteiger partial charge in [-0.25, -0.2) is 18.1 Å². The van der Waals surface area contributed by atoms with E-state index in [1.54, 1.807) is 31.2 Å². The van der Waals surface area contributed by atoms with Gasteiger partial charge in [0.25, 0.3) is 21.6 Å². The van der Waals surface area contributed by atoms with E-state index in [9.17, 15) is 23.3 Å². The van der Waals surface area contributed by atoms with E-state index in [-0.39, 0.29) is 10.6 Å². The molecule has 0 aromatic heterocycles. The van der Waals surface area contributed by atoms with Crippen LogP contribution in [0.4, 0.5) is 11.4 Å². The molecule has 0 radical (unpaired) electrons. The fraction of sp³-hybridized carbons (Fsp3) is 0.167. The van der Waals surface area contributed by atoms with Gasteiger partial charge in [-0.05, 0) is 43.3 Å². The van der Waals surface area contributed by atoms with Gasteiger partial charge in [-0.1, -0.05) is 30.3 Å². The Labute approximate surface area is 208 Å². The maximum Gasteiger partial charge on any atom is 0.293 e. The predicted molar refractivity (Wildman–Crippen MR) is 134 cm³/mol. The molecule has 11 nitrogen and oxygen atoms in total. The number of carbonyl (C=O) groups is 1. The summed E-state index contributed by atoms with van der Waals surface area (Å²) in [6.07, 6.45) is 0. The molecule has 1 N–H and O–H groups in total. The fourth-order valence-corrected chi connectivity index (χ4v) is 4.74. The highest BCUT2D eigenvalue weighted by atomic mass is 32.2. The number of sulfonamides is 1. The second-order valence-electron chi connectivity index (χ2n) is 7.37. The summed E-state index contributed by atoms with van der Waals surface area (Å²) in [4.78, 5) is 23.6. The Morgan fingerprint density at radius 3 is 2.28 bits per heavy atom. The van der Waals surface area contributed by atoms with E-state index < -0.39 is 33.1 Å². The molecule has 0 saturated carbocycles. The number of amides is 1. The van der Waals surface area contributed by atoms with Gasteiger partial charge in [-0.2, -0.15) is 5.10 Å². The molecule has 0 saturated heterocycles. The van der Waals surface area contributed by atoms with E-state index in [2.05, 4.69) is 10.5 Å². The molecule has 3 aromatic carbocycles. The minimum Gasteiger partial charge on any atom is -0.493 e. The third kappa shape index (κ3) is 5.78. The topological polar surface area (TPSA) is 140 Å². The fourth-order valence-electron chi connectivity index (χ4n) is 3.29. The highest BCUT2D eigenvalue weighted by molar-refractivity contribution is 7.92. The molecule has 12 heteroatoms. The largest absolute Gasteiger partial charge is 0.493 e. The molecule has 36 heavy (non-hydrogen) atoms. The number of para-hydroxylation sites is 2. The summed E-state index contributed by atoms with van der Waals surface area (Å²) in [5.41, 5.74) is 2.64. The van der Waals surface area contributed by atoms with Crippen LogP contribution in [0.15, 0.2) is 82.8 Å². The van der Waals surface area contributed by atoms with Crippen molar-refractivity contribution >= 4 is 33.0 Å². The van der Waals surface area contributed by atoms with Crippen molar-refractivity contribution in [1.29, 1.82) is 0 Å². The van der Waals surface area contributed by atoms with Crippen LogP contribution in [-0.2, 0) is 14.8 Å². The Bertz CT molecular complexity index is 1390. The van der Waals surface area contributed by atoms with Crippen molar-refractivity contribution in [2.24, 2.45) is 5.10 Å². The molecule has 0 aliphatic rings. The zero-order valence-electron chi connectivity index (χ0n) is 19.7. The van der Waals surface area contributed by atoms with Crippen LogP contribution in [-0.4, -0.2) is 45.7 Å². The van der Waals surface area contributed by atoms with E-state index in [4.69, 9.17) is 9.47 Å². The third-order valence-corrected chi connectivity index (χ3v) is 6.89. The normalized spacial score (nSPS) is 11.5. The van der Waals surface area contributed by atoms with Gasteiger partial charge < -0.3 is 9.47 Å². The molecule has 0 spiro atoms. The highest BCUT2D eigenvalue weighted by Crippen LogP contribution is 2.32. The number of methoxy groups -OCH3 is 2. The number of hydrogen-bond donors (Lipinski definition) is 1. The molecule has 0 aliphatic carbocycles. The van der Waals surface area contributed by atoms with E-state index in [0.717, 1.165) is 0 Å². The van der Waals surface area contributed by atoms with Crippen molar-refractivity contribution < 1.29 is 27.6 Å². The monoisotopic (exact) mass is 512 g/mol. The number of benzene rings is 3. The molecular formula is C24H24N4O7S. The number of nitro groups is 1. The Morgan fingerprint density at radius 2 is 1.64 bits per heavy atom. The minimum atomic E-state index is -4.32. The number of anilines is 1. The van der Waals surface area contributed by atoms with Gasteiger partial charge in [0.1, 0.15) is 12.2 Å². The molecule has 1 amide bonds. The number of ether oxygens (including phenoxy) is 2. The lowest BCUT2D eigenvalue weighted by Crippen LogP contribution is -2.40. The number of nitrogens with one attached hydrogen (secondary N) is 1. The average Bonchev–Trinajstić information content (AvgIpc) is 2.90. The van der Waals surface area contributed by atoms with Crippen molar-refractivity contribution in [1.82, 2.24) is 5.43 Å². The predicted octanol–water partition coefficient (Wildman–Crippen LogP) is 3.35. The highest BCUT2D eigenvalue weighted by Gasteiger charge is 2.31. The van der Waals surface area contributed by atoms with Crippen molar-refractivity contribution in [3.05, 3.63) is 88.5 Å². The molecule has 3 aromatic rings. The lowest BCUT2D eigenvalue weighted by molar-refractivity contribution is -0.384. The Balaban J connectivity index is 1.92.